The maximum Gasteiger partial charge on any atom is 0.229 e. The SMILES string of the molecule is O=C(Nc1cc(-c2nc(NCC3CCOCC3)ccc2Cl)c(Cl)cn1)[C@@H]1CCCNC1. The highest BCUT2D eigenvalue weighted by Gasteiger charge is 2.22. The van der Waals surface area contributed by atoms with E-state index in [9.17, 15) is 4.79 Å². The lowest BCUT2D eigenvalue weighted by molar-refractivity contribution is -0.120. The predicted octanol–water partition coefficient (Wildman–Crippen LogP) is 4.23. The third kappa shape index (κ3) is 5.86. The van der Waals surface area contributed by atoms with Gasteiger partial charge in [-0.05, 0) is 56.3 Å². The molecule has 4 heterocycles. The van der Waals surface area contributed by atoms with Crippen molar-refractivity contribution in [1.82, 2.24) is 15.3 Å². The number of carbonyl (C=O) groups is 1. The Bertz CT molecular complexity index is 915. The Hall–Kier alpha value is -1.93. The number of nitrogens with one attached hydrogen (secondary N) is 3. The largest absolute Gasteiger partial charge is 0.381 e. The van der Waals surface area contributed by atoms with Crippen LogP contribution in [0.15, 0.2) is 24.4 Å². The topological polar surface area (TPSA) is 88.2 Å². The molecular formula is C22H27Cl2N5O2. The van der Waals surface area contributed by atoms with E-state index in [0.29, 0.717) is 39.6 Å². The lowest BCUT2D eigenvalue weighted by Crippen LogP contribution is -2.37. The van der Waals surface area contributed by atoms with Crippen LogP contribution in [0, 0.1) is 11.8 Å². The van der Waals surface area contributed by atoms with Crippen molar-refractivity contribution in [1.29, 1.82) is 0 Å². The van der Waals surface area contributed by atoms with E-state index in [2.05, 4.69) is 25.9 Å². The second kappa shape index (κ2) is 10.6. The third-order valence-corrected chi connectivity index (χ3v) is 6.39. The fourth-order valence-corrected chi connectivity index (χ4v) is 4.32. The van der Waals surface area contributed by atoms with Crippen molar-refractivity contribution in [2.75, 3.05) is 43.5 Å². The molecule has 9 heteroatoms. The van der Waals surface area contributed by atoms with Gasteiger partial charge < -0.3 is 20.7 Å². The first-order valence-corrected chi connectivity index (χ1v) is 11.5. The minimum Gasteiger partial charge on any atom is -0.381 e. The molecule has 0 aromatic carbocycles. The number of hydrogen-bond donors (Lipinski definition) is 3. The summed E-state index contributed by atoms with van der Waals surface area (Å²) in [4.78, 5) is 21.5. The van der Waals surface area contributed by atoms with Gasteiger partial charge in [-0.3, -0.25) is 4.79 Å². The molecule has 1 amide bonds. The Morgan fingerprint density at radius 3 is 2.77 bits per heavy atom. The lowest BCUT2D eigenvalue weighted by Gasteiger charge is -2.22. The summed E-state index contributed by atoms with van der Waals surface area (Å²) >= 11 is 12.9. The van der Waals surface area contributed by atoms with Gasteiger partial charge in [0.2, 0.25) is 5.91 Å². The monoisotopic (exact) mass is 463 g/mol. The molecule has 2 aromatic rings. The van der Waals surface area contributed by atoms with E-state index >= 15 is 0 Å². The molecule has 0 spiro atoms. The van der Waals surface area contributed by atoms with Crippen LogP contribution in [-0.4, -0.2) is 48.7 Å². The van der Waals surface area contributed by atoms with Gasteiger partial charge in [-0.1, -0.05) is 23.2 Å². The highest BCUT2D eigenvalue weighted by Crippen LogP contribution is 2.34. The molecule has 0 unspecified atom stereocenters. The highest BCUT2D eigenvalue weighted by molar-refractivity contribution is 6.36. The van der Waals surface area contributed by atoms with E-state index in [-0.39, 0.29) is 11.8 Å². The number of rotatable bonds is 6. The van der Waals surface area contributed by atoms with Crippen LogP contribution >= 0.6 is 23.2 Å². The Morgan fingerprint density at radius 2 is 2.00 bits per heavy atom. The van der Waals surface area contributed by atoms with Crippen molar-refractivity contribution >= 4 is 40.7 Å². The van der Waals surface area contributed by atoms with Gasteiger partial charge >= 0.3 is 0 Å². The molecule has 7 nitrogen and oxygen atoms in total. The molecular weight excluding hydrogens is 437 g/mol. The maximum absolute atomic E-state index is 12.6. The lowest BCUT2D eigenvalue weighted by atomic mass is 9.99. The molecule has 0 bridgehead atoms. The van der Waals surface area contributed by atoms with Crippen LogP contribution in [0.3, 0.4) is 0 Å². The van der Waals surface area contributed by atoms with Gasteiger partial charge in [-0.15, -0.1) is 0 Å². The Balaban J connectivity index is 1.49. The summed E-state index contributed by atoms with van der Waals surface area (Å²) in [5, 5.41) is 10.5. The van der Waals surface area contributed by atoms with E-state index < -0.39 is 0 Å². The van der Waals surface area contributed by atoms with Crippen LogP contribution in [-0.2, 0) is 9.53 Å². The van der Waals surface area contributed by atoms with Gasteiger partial charge in [0.1, 0.15) is 11.6 Å². The predicted molar refractivity (Wildman–Crippen MR) is 124 cm³/mol. The molecule has 2 aromatic heterocycles. The summed E-state index contributed by atoms with van der Waals surface area (Å²) in [5.41, 5.74) is 1.19. The summed E-state index contributed by atoms with van der Waals surface area (Å²) in [6, 6.07) is 5.39. The van der Waals surface area contributed by atoms with Crippen molar-refractivity contribution in [2.45, 2.75) is 25.7 Å². The van der Waals surface area contributed by atoms with E-state index in [4.69, 9.17) is 27.9 Å². The molecule has 1 atom stereocenters. The van der Waals surface area contributed by atoms with Crippen molar-refractivity contribution in [3.8, 4) is 11.3 Å². The fraction of sp³-hybridized carbons (Fsp3) is 0.500. The Kier molecular flexibility index (Phi) is 7.61. The van der Waals surface area contributed by atoms with Crippen LogP contribution in [0.1, 0.15) is 25.7 Å². The minimum absolute atomic E-state index is 0.0427. The Labute approximate surface area is 192 Å². The molecule has 2 fully saturated rings. The number of nitrogens with zero attached hydrogens (tertiary/aromatic N) is 2. The average molecular weight is 464 g/mol. The summed E-state index contributed by atoms with van der Waals surface area (Å²) in [7, 11) is 0. The zero-order valence-electron chi connectivity index (χ0n) is 17.3. The quantitative estimate of drug-likeness (QED) is 0.593. The fourth-order valence-electron chi connectivity index (χ4n) is 3.92. The van der Waals surface area contributed by atoms with Gasteiger partial charge in [-0.2, -0.15) is 0 Å². The number of halogens is 2. The van der Waals surface area contributed by atoms with Crippen molar-refractivity contribution in [2.24, 2.45) is 11.8 Å². The number of pyridine rings is 2. The Morgan fingerprint density at radius 1 is 1.16 bits per heavy atom. The number of aromatic nitrogens is 2. The number of anilines is 2. The number of amides is 1. The summed E-state index contributed by atoms with van der Waals surface area (Å²) in [6.45, 7) is 4.09. The first-order valence-electron chi connectivity index (χ1n) is 10.8. The molecule has 0 aliphatic carbocycles. The average Bonchev–Trinajstić information content (AvgIpc) is 2.81. The minimum atomic E-state index is -0.0610. The zero-order valence-corrected chi connectivity index (χ0v) is 18.8. The van der Waals surface area contributed by atoms with Crippen LogP contribution in [0.25, 0.3) is 11.3 Å². The zero-order chi connectivity index (χ0) is 21.6. The smallest absolute Gasteiger partial charge is 0.229 e. The van der Waals surface area contributed by atoms with Crippen LogP contribution in [0.5, 0.6) is 0 Å². The molecule has 2 saturated heterocycles. The molecule has 2 aliphatic rings. The van der Waals surface area contributed by atoms with Gasteiger partial charge in [0.05, 0.1) is 21.7 Å². The first kappa shape index (κ1) is 22.3. The first-order chi connectivity index (χ1) is 15.1. The molecule has 4 rings (SSSR count). The summed E-state index contributed by atoms with van der Waals surface area (Å²) < 4.78 is 5.42. The van der Waals surface area contributed by atoms with Crippen molar-refractivity contribution < 1.29 is 9.53 Å². The molecule has 2 aliphatic heterocycles. The van der Waals surface area contributed by atoms with Gasteiger partial charge in [-0.25, -0.2) is 9.97 Å². The standard InChI is InChI=1S/C22H27Cl2N5O2/c23-17-3-4-19(26-11-14-5-8-31-9-6-14)28-21(17)16-10-20(27-13-18(16)24)29-22(30)15-2-1-7-25-12-15/h3-4,10,13-15,25H,1-2,5-9,11-12H2,(H,26,28)(H,27,29,30)/t15-/m1/s1. The molecule has 0 saturated carbocycles. The van der Waals surface area contributed by atoms with E-state index in [1.807, 2.05) is 6.07 Å². The second-order valence-electron chi connectivity index (χ2n) is 8.05. The van der Waals surface area contributed by atoms with Gasteiger partial charge in [0, 0.05) is 38.1 Å². The van der Waals surface area contributed by atoms with E-state index in [1.165, 1.54) is 6.20 Å². The summed E-state index contributed by atoms with van der Waals surface area (Å²) in [6.07, 6.45) is 5.47. The third-order valence-electron chi connectivity index (χ3n) is 5.79. The van der Waals surface area contributed by atoms with E-state index in [1.54, 1.807) is 12.1 Å². The van der Waals surface area contributed by atoms with Crippen molar-refractivity contribution in [3.05, 3.63) is 34.4 Å². The van der Waals surface area contributed by atoms with E-state index in [0.717, 1.165) is 57.8 Å². The maximum atomic E-state index is 12.6. The summed E-state index contributed by atoms with van der Waals surface area (Å²) in [5.74, 6) is 1.63. The molecule has 0 radical (unpaired) electrons. The second-order valence-corrected chi connectivity index (χ2v) is 8.86. The molecule has 3 N–H and O–H groups in total. The molecule has 166 valence electrons. The molecule has 31 heavy (non-hydrogen) atoms. The normalized spacial score (nSPS) is 19.7. The van der Waals surface area contributed by atoms with Crippen LogP contribution in [0.4, 0.5) is 11.6 Å². The number of hydrogen-bond acceptors (Lipinski definition) is 6. The number of ether oxygens (including phenoxy) is 1. The van der Waals surface area contributed by atoms with Crippen LogP contribution < -0.4 is 16.0 Å². The number of carbonyl (C=O) groups excluding carboxylic acids is 1. The van der Waals surface area contributed by atoms with Gasteiger partial charge in [0.25, 0.3) is 0 Å². The van der Waals surface area contributed by atoms with Crippen molar-refractivity contribution in [3.63, 3.8) is 0 Å². The number of piperidine rings is 1. The van der Waals surface area contributed by atoms with Crippen LogP contribution in [0.2, 0.25) is 10.0 Å². The highest BCUT2D eigenvalue weighted by atomic mass is 35.5. The van der Waals surface area contributed by atoms with Gasteiger partial charge in [0.15, 0.2) is 0 Å².